The largest absolute Gasteiger partial charge is 0.458 e. The van der Waals surface area contributed by atoms with Gasteiger partial charge >= 0.3 is 5.97 Å². The molecule has 0 radical (unpaired) electrons. The van der Waals surface area contributed by atoms with E-state index in [0.717, 1.165) is 12.5 Å². The van der Waals surface area contributed by atoms with Gasteiger partial charge in [-0.15, -0.1) is 0 Å². The molecule has 0 aromatic heterocycles. The average Bonchev–Trinajstić information content (AvgIpc) is 2.16. The molecule has 1 amide bonds. The first kappa shape index (κ1) is 13.7. The lowest BCUT2D eigenvalue weighted by Gasteiger charge is -2.30. The van der Waals surface area contributed by atoms with Gasteiger partial charge in [0.25, 0.3) is 0 Å². The summed E-state index contributed by atoms with van der Waals surface area (Å²) in [6.45, 7) is 8.61. The zero-order valence-electron chi connectivity index (χ0n) is 9.58. The molecule has 1 atom stereocenters. The number of primary amides is 1. The molecule has 0 aromatic carbocycles. The van der Waals surface area contributed by atoms with Crippen molar-refractivity contribution in [3.05, 3.63) is 12.7 Å². The summed E-state index contributed by atoms with van der Waals surface area (Å²) in [5, 5.41) is 0. The third-order valence-electron chi connectivity index (χ3n) is 2.42. The second kappa shape index (κ2) is 5.53. The quantitative estimate of drug-likeness (QED) is 0.535. The number of carbonyl (C=O) groups excluding carboxylic acids is 2. The summed E-state index contributed by atoms with van der Waals surface area (Å²) >= 11 is 0. The fraction of sp³-hybridized carbons (Fsp3) is 0.636. The zero-order valence-corrected chi connectivity index (χ0v) is 9.58. The number of esters is 1. The minimum atomic E-state index is -0.852. The second-order valence-electron chi connectivity index (χ2n) is 4.00. The normalized spacial score (nSPS) is 13.0. The SMILES string of the molecule is C=CC(=O)OC(CCC)C(C)(C)C(N)=O. The Balaban J connectivity index is 4.71. The van der Waals surface area contributed by atoms with Gasteiger partial charge < -0.3 is 10.5 Å². The first-order valence-electron chi connectivity index (χ1n) is 4.99. The monoisotopic (exact) mass is 213 g/mol. The maximum atomic E-state index is 11.2. The topological polar surface area (TPSA) is 69.4 Å². The Kier molecular flexibility index (Phi) is 5.05. The molecule has 4 heteroatoms. The van der Waals surface area contributed by atoms with Crippen molar-refractivity contribution >= 4 is 11.9 Å². The minimum Gasteiger partial charge on any atom is -0.458 e. The fourth-order valence-electron chi connectivity index (χ4n) is 1.18. The minimum absolute atomic E-state index is 0.474. The summed E-state index contributed by atoms with van der Waals surface area (Å²) in [7, 11) is 0. The lowest BCUT2D eigenvalue weighted by atomic mass is 9.83. The van der Waals surface area contributed by atoms with Gasteiger partial charge in [-0.1, -0.05) is 19.9 Å². The molecule has 0 spiro atoms. The number of carbonyl (C=O) groups is 2. The van der Waals surface area contributed by atoms with E-state index in [9.17, 15) is 9.59 Å². The highest BCUT2D eigenvalue weighted by Crippen LogP contribution is 2.26. The van der Waals surface area contributed by atoms with Gasteiger partial charge in [-0.2, -0.15) is 0 Å². The summed E-state index contributed by atoms with van der Waals surface area (Å²) in [5.41, 5.74) is 4.41. The smallest absolute Gasteiger partial charge is 0.330 e. The molecule has 0 aromatic rings. The standard InChI is InChI=1S/C11H19NO3/c1-5-7-8(15-9(13)6-2)11(3,4)10(12)14/h6,8H,2,5,7H2,1,3-4H3,(H2,12,14). The van der Waals surface area contributed by atoms with Crippen LogP contribution >= 0.6 is 0 Å². The van der Waals surface area contributed by atoms with Crippen LogP contribution in [-0.2, 0) is 14.3 Å². The first-order valence-corrected chi connectivity index (χ1v) is 4.99. The lowest BCUT2D eigenvalue weighted by Crippen LogP contribution is -2.43. The first-order chi connectivity index (χ1) is 6.86. The molecule has 2 N–H and O–H groups in total. The van der Waals surface area contributed by atoms with E-state index in [2.05, 4.69) is 6.58 Å². The Labute approximate surface area is 90.5 Å². The molecule has 0 bridgehead atoms. The van der Waals surface area contributed by atoms with E-state index in [1.165, 1.54) is 0 Å². The van der Waals surface area contributed by atoms with Crippen molar-refractivity contribution in [3.63, 3.8) is 0 Å². The van der Waals surface area contributed by atoms with Gasteiger partial charge in [0.2, 0.25) is 5.91 Å². The van der Waals surface area contributed by atoms with Crippen LogP contribution in [0, 0.1) is 5.41 Å². The molecule has 0 saturated carbocycles. The summed E-state index contributed by atoms with van der Waals surface area (Å²) in [6, 6.07) is 0. The third kappa shape index (κ3) is 3.73. The van der Waals surface area contributed by atoms with E-state index >= 15 is 0 Å². The predicted molar refractivity (Wildman–Crippen MR) is 58.0 cm³/mol. The number of hydrogen-bond donors (Lipinski definition) is 1. The maximum Gasteiger partial charge on any atom is 0.330 e. The molecule has 15 heavy (non-hydrogen) atoms. The van der Waals surface area contributed by atoms with Gasteiger partial charge in [-0.3, -0.25) is 4.79 Å². The van der Waals surface area contributed by atoms with Crippen molar-refractivity contribution < 1.29 is 14.3 Å². The van der Waals surface area contributed by atoms with E-state index in [4.69, 9.17) is 10.5 Å². The molecule has 0 fully saturated rings. The highest BCUT2D eigenvalue weighted by molar-refractivity contribution is 5.83. The van der Waals surface area contributed by atoms with E-state index in [-0.39, 0.29) is 0 Å². The van der Waals surface area contributed by atoms with Gasteiger partial charge in [0.15, 0.2) is 0 Å². The molecule has 86 valence electrons. The highest BCUT2D eigenvalue weighted by Gasteiger charge is 2.37. The third-order valence-corrected chi connectivity index (χ3v) is 2.42. The lowest BCUT2D eigenvalue weighted by molar-refractivity contribution is -0.153. The highest BCUT2D eigenvalue weighted by atomic mass is 16.5. The summed E-state index contributed by atoms with van der Waals surface area (Å²) in [5.74, 6) is -0.999. The van der Waals surface area contributed by atoms with Crippen LogP contribution in [0.2, 0.25) is 0 Å². The number of amides is 1. The van der Waals surface area contributed by atoms with Crippen molar-refractivity contribution in [2.45, 2.75) is 39.7 Å². The van der Waals surface area contributed by atoms with Crippen molar-refractivity contribution in [1.29, 1.82) is 0 Å². The molecule has 4 nitrogen and oxygen atoms in total. The van der Waals surface area contributed by atoms with Crippen LogP contribution in [0.5, 0.6) is 0 Å². The van der Waals surface area contributed by atoms with Crippen molar-refractivity contribution in [1.82, 2.24) is 0 Å². The molecule has 1 unspecified atom stereocenters. The Bertz CT molecular complexity index is 259. The van der Waals surface area contributed by atoms with Crippen LogP contribution < -0.4 is 5.73 Å². The number of ether oxygens (including phenoxy) is 1. The fourth-order valence-corrected chi connectivity index (χ4v) is 1.18. The summed E-state index contributed by atoms with van der Waals surface area (Å²) < 4.78 is 5.11. The Morgan fingerprint density at radius 3 is 2.40 bits per heavy atom. The molecule has 0 saturated heterocycles. The van der Waals surface area contributed by atoms with Crippen LogP contribution in [0.1, 0.15) is 33.6 Å². The Morgan fingerprint density at radius 1 is 1.53 bits per heavy atom. The van der Waals surface area contributed by atoms with Gasteiger partial charge in [0.1, 0.15) is 6.10 Å². The van der Waals surface area contributed by atoms with Crippen molar-refractivity contribution in [3.8, 4) is 0 Å². The summed E-state index contributed by atoms with van der Waals surface area (Å²) in [4.78, 5) is 22.3. The van der Waals surface area contributed by atoms with Crippen LogP contribution in [0.4, 0.5) is 0 Å². The number of hydrogen-bond acceptors (Lipinski definition) is 3. The molecular weight excluding hydrogens is 194 g/mol. The molecule has 0 heterocycles. The number of nitrogens with two attached hydrogens (primary N) is 1. The predicted octanol–water partition coefficient (Wildman–Crippen LogP) is 1.40. The van der Waals surface area contributed by atoms with Crippen molar-refractivity contribution in [2.75, 3.05) is 0 Å². The molecular formula is C11H19NO3. The van der Waals surface area contributed by atoms with E-state index in [0.29, 0.717) is 6.42 Å². The Hall–Kier alpha value is -1.32. The van der Waals surface area contributed by atoms with E-state index in [1.54, 1.807) is 13.8 Å². The molecule has 0 aliphatic rings. The van der Waals surface area contributed by atoms with Gasteiger partial charge in [-0.05, 0) is 20.3 Å². The van der Waals surface area contributed by atoms with Crippen LogP contribution in [0.3, 0.4) is 0 Å². The van der Waals surface area contributed by atoms with Gasteiger partial charge in [0, 0.05) is 6.08 Å². The van der Waals surface area contributed by atoms with E-state index in [1.807, 2.05) is 6.92 Å². The molecule has 0 rings (SSSR count). The molecule has 0 aliphatic heterocycles. The van der Waals surface area contributed by atoms with Crippen LogP contribution in [-0.4, -0.2) is 18.0 Å². The number of rotatable bonds is 6. The van der Waals surface area contributed by atoms with Gasteiger partial charge in [0.05, 0.1) is 5.41 Å². The van der Waals surface area contributed by atoms with Crippen LogP contribution in [0.15, 0.2) is 12.7 Å². The zero-order chi connectivity index (χ0) is 12.1. The maximum absolute atomic E-state index is 11.2. The summed E-state index contributed by atoms with van der Waals surface area (Å²) in [6.07, 6.45) is 2.01. The second-order valence-corrected chi connectivity index (χ2v) is 4.00. The Morgan fingerprint density at radius 2 is 2.07 bits per heavy atom. The van der Waals surface area contributed by atoms with Gasteiger partial charge in [-0.25, -0.2) is 4.79 Å². The van der Waals surface area contributed by atoms with Crippen LogP contribution in [0.25, 0.3) is 0 Å². The molecule has 0 aliphatic carbocycles. The van der Waals surface area contributed by atoms with Crippen molar-refractivity contribution in [2.24, 2.45) is 11.1 Å². The van der Waals surface area contributed by atoms with E-state index < -0.39 is 23.4 Å². The average molecular weight is 213 g/mol.